The molecule has 2 N–H and O–H groups in total. The second-order valence-electron chi connectivity index (χ2n) is 2.90. The molecule has 0 aliphatic carbocycles. The Hall–Kier alpha value is -1.60. The van der Waals surface area contributed by atoms with Crippen molar-refractivity contribution in [3.05, 3.63) is 34.6 Å². The Morgan fingerprint density at radius 3 is 3.07 bits per heavy atom. The number of aliphatic hydroxyl groups excluding tert-OH is 1. The van der Waals surface area contributed by atoms with Gasteiger partial charge in [-0.15, -0.1) is 0 Å². The van der Waals surface area contributed by atoms with Crippen molar-refractivity contribution in [3.8, 4) is 0 Å². The van der Waals surface area contributed by atoms with Gasteiger partial charge in [-0.25, -0.2) is 0 Å². The standard InChI is InChI=1S/C8H9N5OS/c14-5-7-11-12-8(15)13(7)4-6-2-1-3-9-10-6/h1-3,14H,4-5H2,(H,12,15). The van der Waals surface area contributed by atoms with Crippen LogP contribution >= 0.6 is 12.2 Å². The van der Waals surface area contributed by atoms with Crippen LogP contribution in [0.4, 0.5) is 0 Å². The van der Waals surface area contributed by atoms with Gasteiger partial charge in [0.15, 0.2) is 10.6 Å². The zero-order valence-electron chi connectivity index (χ0n) is 7.79. The molecule has 0 aliphatic heterocycles. The maximum atomic E-state index is 9.02. The molecule has 0 atom stereocenters. The number of nitrogens with one attached hydrogen (secondary N) is 1. The van der Waals surface area contributed by atoms with E-state index in [1.807, 2.05) is 6.07 Å². The summed E-state index contributed by atoms with van der Waals surface area (Å²) in [5.74, 6) is 0.491. The number of aromatic nitrogens is 5. The van der Waals surface area contributed by atoms with Crippen molar-refractivity contribution in [2.45, 2.75) is 13.2 Å². The van der Waals surface area contributed by atoms with E-state index >= 15 is 0 Å². The quantitative estimate of drug-likeness (QED) is 0.730. The fourth-order valence-electron chi connectivity index (χ4n) is 1.21. The third-order valence-corrected chi connectivity index (χ3v) is 2.24. The Labute approximate surface area is 90.6 Å². The molecule has 0 bridgehead atoms. The van der Waals surface area contributed by atoms with E-state index in [0.29, 0.717) is 17.1 Å². The molecule has 0 amide bonds. The zero-order chi connectivity index (χ0) is 10.7. The molecule has 0 saturated heterocycles. The van der Waals surface area contributed by atoms with Crippen molar-refractivity contribution < 1.29 is 5.11 Å². The maximum Gasteiger partial charge on any atom is 0.195 e. The summed E-state index contributed by atoms with van der Waals surface area (Å²) in [7, 11) is 0. The molecule has 7 heteroatoms. The predicted molar refractivity (Wildman–Crippen MR) is 54.5 cm³/mol. The minimum absolute atomic E-state index is 0.159. The lowest BCUT2D eigenvalue weighted by Gasteiger charge is -2.02. The number of aliphatic hydroxyl groups is 1. The maximum absolute atomic E-state index is 9.02. The third kappa shape index (κ3) is 2.08. The van der Waals surface area contributed by atoms with Crippen LogP contribution in [0, 0.1) is 4.77 Å². The number of hydrogen-bond acceptors (Lipinski definition) is 5. The predicted octanol–water partition coefficient (Wildman–Crippen LogP) is 0.271. The van der Waals surface area contributed by atoms with Crippen molar-refractivity contribution in [3.63, 3.8) is 0 Å². The number of H-pyrrole nitrogens is 1. The van der Waals surface area contributed by atoms with Gasteiger partial charge in [0.1, 0.15) is 6.61 Å². The first-order valence-electron chi connectivity index (χ1n) is 4.33. The van der Waals surface area contributed by atoms with E-state index in [-0.39, 0.29) is 6.61 Å². The van der Waals surface area contributed by atoms with Crippen LogP contribution in [0.1, 0.15) is 11.5 Å². The first-order valence-corrected chi connectivity index (χ1v) is 4.73. The van der Waals surface area contributed by atoms with Crippen LogP contribution < -0.4 is 0 Å². The summed E-state index contributed by atoms with van der Waals surface area (Å²) in [6, 6.07) is 3.63. The number of hydrogen-bond donors (Lipinski definition) is 2. The summed E-state index contributed by atoms with van der Waals surface area (Å²) in [4.78, 5) is 0. The summed E-state index contributed by atoms with van der Waals surface area (Å²) < 4.78 is 2.14. The van der Waals surface area contributed by atoms with Gasteiger partial charge in [0.05, 0.1) is 12.2 Å². The van der Waals surface area contributed by atoms with E-state index < -0.39 is 0 Å². The molecule has 15 heavy (non-hydrogen) atoms. The molecule has 0 unspecified atom stereocenters. The fourth-order valence-corrected chi connectivity index (χ4v) is 1.43. The Morgan fingerprint density at radius 2 is 2.40 bits per heavy atom. The lowest BCUT2D eigenvalue weighted by Crippen LogP contribution is -2.07. The van der Waals surface area contributed by atoms with Gasteiger partial charge in [-0.2, -0.15) is 15.3 Å². The highest BCUT2D eigenvalue weighted by Gasteiger charge is 2.05. The highest BCUT2D eigenvalue weighted by molar-refractivity contribution is 7.71. The average Bonchev–Trinajstić information content (AvgIpc) is 2.62. The minimum Gasteiger partial charge on any atom is -0.388 e. The smallest absolute Gasteiger partial charge is 0.195 e. The fraction of sp³-hybridized carbons (Fsp3) is 0.250. The molecule has 0 spiro atoms. The molecule has 2 aromatic heterocycles. The van der Waals surface area contributed by atoms with Crippen LogP contribution in [0.3, 0.4) is 0 Å². The molecule has 0 aromatic carbocycles. The Morgan fingerprint density at radius 1 is 1.53 bits per heavy atom. The van der Waals surface area contributed by atoms with E-state index in [0.717, 1.165) is 5.69 Å². The largest absolute Gasteiger partial charge is 0.388 e. The van der Waals surface area contributed by atoms with Crippen LogP contribution in [0.15, 0.2) is 18.3 Å². The molecule has 0 aliphatic rings. The summed E-state index contributed by atoms with van der Waals surface area (Å²) in [6.45, 7) is 0.298. The molecule has 0 saturated carbocycles. The van der Waals surface area contributed by atoms with Crippen LogP contribution in [-0.4, -0.2) is 30.1 Å². The number of rotatable bonds is 3. The summed E-state index contributed by atoms with van der Waals surface area (Å²) >= 11 is 5.02. The Balaban J connectivity index is 2.32. The van der Waals surface area contributed by atoms with Gasteiger partial charge in [-0.05, 0) is 24.4 Å². The molecule has 2 aromatic rings. The second kappa shape index (κ2) is 4.28. The van der Waals surface area contributed by atoms with Gasteiger partial charge in [0.25, 0.3) is 0 Å². The van der Waals surface area contributed by atoms with E-state index in [9.17, 15) is 0 Å². The summed E-state index contributed by atoms with van der Waals surface area (Å²) in [5.41, 5.74) is 0.768. The lowest BCUT2D eigenvalue weighted by atomic mass is 10.4. The van der Waals surface area contributed by atoms with Gasteiger partial charge in [0.2, 0.25) is 0 Å². The van der Waals surface area contributed by atoms with Gasteiger partial charge in [0, 0.05) is 6.20 Å². The monoisotopic (exact) mass is 223 g/mol. The van der Waals surface area contributed by atoms with Crippen molar-refractivity contribution in [2.75, 3.05) is 0 Å². The van der Waals surface area contributed by atoms with E-state index in [2.05, 4.69) is 20.4 Å². The Bertz CT molecular complexity index is 491. The SMILES string of the molecule is OCc1n[nH]c(=S)n1Cc1cccnn1. The first-order chi connectivity index (χ1) is 7.31. The van der Waals surface area contributed by atoms with E-state index in [1.165, 1.54) is 0 Å². The summed E-state index contributed by atoms with van der Waals surface area (Å²) in [6.07, 6.45) is 1.60. The van der Waals surface area contributed by atoms with Gasteiger partial charge < -0.3 is 5.11 Å². The van der Waals surface area contributed by atoms with Crippen molar-refractivity contribution >= 4 is 12.2 Å². The molecular formula is C8H9N5OS. The third-order valence-electron chi connectivity index (χ3n) is 1.93. The van der Waals surface area contributed by atoms with Crippen LogP contribution in [0.5, 0.6) is 0 Å². The Kier molecular flexibility index (Phi) is 2.84. The van der Waals surface area contributed by atoms with E-state index in [4.69, 9.17) is 17.3 Å². The summed E-state index contributed by atoms with van der Waals surface area (Å²) in [5, 5.41) is 23.2. The molecule has 6 nitrogen and oxygen atoms in total. The molecule has 78 valence electrons. The molecule has 2 heterocycles. The van der Waals surface area contributed by atoms with E-state index in [1.54, 1.807) is 16.8 Å². The van der Waals surface area contributed by atoms with Crippen molar-refractivity contribution in [1.29, 1.82) is 0 Å². The number of aromatic amines is 1. The van der Waals surface area contributed by atoms with Crippen molar-refractivity contribution in [2.24, 2.45) is 0 Å². The zero-order valence-corrected chi connectivity index (χ0v) is 8.61. The van der Waals surface area contributed by atoms with Crippen LogP contribution in [0.25, 0.3) is 0 Å². The average molecular weight is 223 g/mol. The normalized spacial score (nSPS) is 10.5. The van der Waals surface area contributed by atoms with Gasteiger partial charge >= 0.3 is 0 Å². The molecule has 0 fully saturated rings. The number of nitrogens with zero attached hydrogens (tertiary/aromatic N) is 4. The highest BCUT2D eigenvalue weighted by Crippen LogP contribution is 2.02. The molecule has 2 rings (SSSR count). The molecular weight excluding hydrogens is 214 g/mol. The first kappa shape index (κ1) is 9.94. The van der Waals surface area contributed by atoms with Crippen molar-refractivity contribution in [1.82, 2.24) is 25.0 Å². The topological polar surface area (TPSA) is 79.6 Å². The van der Waals surface area contributed by atoms with Crippen LogP contribution in [0.2, 0.25) is 0 Å². The van der Waals surface area contributed by atoms with Gasteiger partial charge in [-0.1, -0.05) is 0 Å². The minimum atomic E-state index is -0.159. The highest BCUT2D eigenvalue weighted by atomic mass is 32.1. The second-order valence-corrected chi connectivity index (χ2v) is 3.29. The molecule has 0 radical (unpaired) electrons. The van der Waals surface area contributed by atoms with Gasteiger partial charge in [-0.3, -0.25) is 9.67 Å². The lowest BCUT2D eigenvalue weighted by molar-refractivity contribution is 0.265. The van der Waals surface area contributed by atoms with Crippen LogP contribution in [-0.2, 0) is 13.2 Å².